The summed E-state index contributed by atoms with van der Waals surface area (Å²) in [7, 11) is 0. The second-order valence-corrected chi connectivity index (χ2v) is 1.51. The minimum atomic E-state index is -0.670. The van der Waals surface area contributed by atoms with E-state index in [0.29, 0.717) is 5.09 Å². The van der Waals surface area contributed by atoms with Crippen molar-refractivity contribution in [2.45, 2.75) is 0 Å². The van der Waals surface area contributed by atoms with Crippen molar-refractivity contribution in [3.63, 3.8) is 0 Å². The van der Waals surface area contributed by atoms with Crippen LogP contribution in [0.3, 0.4) is 0 Å². The van der Waals surface area contributed by atoms with Crippen molar-refractivity contribution >= 4 is 11.7 Å². The van der Waals surface area contributed by atoms with E-state index in [1.165, 1.54) is 0 Å². The standard InChI is InChI=1S/C4H6N4O/c5-3-2(4(6)9)1-7-8-3/h1H,(H2,6,9)(H3,5,7,8)/i/hD. The largest absolute Gasteiger partial charge is 0.383 e. The SMILES string of the molecule is [2H]n1ncc(C(N)=O)c1N. The van der Waals surface area contributed by atoms with Crippen LogP contribution in [0.15, 0.2) is 6.20 Å². The van der Waals surface area contributed by atoms with Crippen LogP contribution in [0.2, 0.25) is 1.41 Å². The lowest BCUT2D eigenvalue weighted by atomic mass is 10.3. The van der Waals surface area contributed by atoms with Gasteiger partial charge in [-0.2, -0.15) is 5.10 Å². The van der Waals surface area contributed by atoms with Crippen molar-refractivity contribution in [1.29, 1.82) is 0 Å². The second kappa shape index (κ2) is 1.77. The highest BCUT2D eigenvalue weighted by Gasteiger charge is 2.05. The maximum Gasteiger partial charge on any atom is 0.254 e. The van der Waals surface area contributed by atoms with Gasteiger partial charge in [0, 0.05) is 0 Å². The predicted molar refractivity (Wildman–Crippen MR) is 31.5 cm³/mol. The Bertz CT molecular complexity index is 268. The Balaban J connectivity index is 3.17. The van der Waals surface area contributed by atoms with Crippen LogP contribution in [0, 0.1) is 0 Å². The van der Waals surface area contributed by atoms with Crippen LogP contribution >= 0.6 is 0 Å². The molecule has 0 aliphatic rings. The number of H-pyrrole nitrogens is 1. The number of anilines is 1. The van der Waals surface area contributed by atoms with Crippen molar-refractivity contribution in [3.8, 4) is 0 Å². The number of carbonyl (C=O) groups excluding carboxylic acids is 1. The molecule has 1 amide bonds. The monoisotopic (exact) mass is 127 g/mol. The van der Waals surface area contributed by atoms with Crippen LogP contribution in [0.25, 0.3) is 0 Å². The number of rotatable bonds is 1. The van der Waals surface area contributed by atoms with E-state index in [9.17, 15) is 4.79 Å². The first-order chi connectivity index (χ1) is 4.63. The summed E-state index contributed by atoms with van der Waals surface area (Å²) in [5.41, 5.74) is 10.2. The number of amides is 1. The van der Waals surface area contributed by atoms with E-state index in [2.05, 4.69) is 5.10 Å². The van der Waals surface area contributed by atoms with Crippen molar-refractivity contribution in [1.82, 2.24) is 10.2 Å². The summed E-state index contributed by atoms with van der Waals surface area (Å²) in [6.07, 6.45) is 1.16. The molecular formula is C4H6N4O. The van der Waals surface area contributed by atoms with E-state index in [4.69, 9.17) is 12.9 Å². The number of nitrogens with two attached hydrogens (primary N) is 2. The van der Waals surface area contributed by atoms with Gasteiger partial charge >= 0.3 is 0 Å². The lowest BCUT2D eigenvalue weighted by molar-refractivity contribution is 0.100. The number of aromatic amines is 1. The zero-order valence-electron chi connectivity index (χ0n) is 5.53. The number of hydrogen-bond donors (Lipinski definition) is 3. The first-order valence-corrected chi connectivity index (χ1v) is 2.25. The molecule has 5 N–H and O–H groups in total. The van der Waals surface area contributed by atoms with Crippen LogP contribution < -0.4 is 11.5 Å². The predicted octanol–water partition coefficient (Wildman–Crippen LogP) is -0.909. The average molecular weight is 127 g/mol. The minimum Gasteiger partial charge on any atom is -0.383 e. The Kier molecular flexibility index (Phi) is 0.860. The van der Waals surface area contributed by atoms with Crippen LogP contribution in [0.4, 0.5) is 5.82 Å². The Hall–Kier alpha value is -1.52. The van der Waals surface area contributed by atoms with Crippen LogP contribution in [-0.4, -0.2) is 16.1 Å². The fourth-order valence-corrected chi connectivity index (χ4v) is 0.459. The highest BCUT2D eigenvalue weighted by Crippen LogP contribution is 2.02. The van der Waals surface area contributed by atoms with Gasteiger partial charge < -0.3 is 11.5 Å². The Morgan fingerprint density at radius 2 is 2.67 bits per heavy atom. The van der Waals surface area contributed by atoms with E-state index in [-0.39, 0.29) is 11.4 Å². The van der Waals surface area contributed by atoms with Crippen LogP contribution in [0.1, 0.15) is 10.4 Å². The van der Waals surface area contributed by atoms with Crippen molar-refractivity contribution in [2.75, 3.05) is 5.73 Å². The highest BCUT2D eigenvalue weighted by atomic mass is 16.1. The van der Waals surface area contributed by atoms with Gasteiger partial charge in [0.2, 0.25) is 0 Å². The summed E-state index contributed by atoms with van der Waals surface area (Å²) in [5, 5.41) is 4.03. The summed E-state index contributed by atoms with van der Waals surface area (Å²) >= 11 is 0. The molecule has 1 aromatic heterocycles. The number of primary amides is 1. The van der Waals surface area contributed by atoms with Gasteiger partial charge in [0.25, 0.3) is 5.91 Å². The summed E-state index contributed by atoms with van der Waals surface area (Å²) in [6.45, 7) is 0. The summed E-state index contributed by atoms with van der Waals surface area (Å²) in [4.78, 5) is 10.4. The molecule has 5 nitrogen and oxygen atoms in total. The average Bonchev–Trinajstić information content (AvgIpc) is 2.14. The molecule has 0 fully saturated rings. The highest BCUT2D eigenvalue weighted by molar-refractivity contribution is 5.96. The third-order valence-electron chi connectivity index (χ3n) is 0.894. The molecule has 0 atom stereocenters. The quantitative estimate of drug-likeness (QED) is 0.455. The molecule has 0 aliphatic heterocycles. The zero-order chi connectivity index (χ0) is 7.72. The molecule has 48 valence electrons. The third-order valence-corrected chi connectivity index (χ3v) is 0.894. The normalized spacial score (nSPS) is 10.9. The maximum atomic E-state index is 10.4. The summed E-state index contributed by atoms with van der Waals surface area (Å²) in [5.74, 6) is -0.705. The van der Waals surface area contributed by atoms with Crippen LogP contribution in [-0.2, 0) is 0 Å². The minimum absolute atomic E-state index is 0.0347. The lowest BCUT2D eigenvalue weighted by Crippen LogP contribution is -2.11. The first kappa shape index (κ1) is 4.37. The van der Waals surface area contributed by atoms with Gasteiger partial charge in [-0.05, 0) is 0 Å². The van der Waals surface area contributed by atoms with Gasteiger partial charge in [-0.3, -0.25) is 9.89 Å². The molecule has 0 spiro atoms. The van der Waals surface area contributed by atoms with Gasteiger partial charge in [0.1, 0.15) is 11.4 Å². The molecule has 1 heterocycles. The number of nitrogens with one attached hydrogen (secondary N) is 1. The molecule has 9 heavy (non-hydrogen) atoms. The Morgan fingerprint density at radius 1 is 2.00 bits per heavy atom. The van der Waals surface area contributed by atoms with Crippen LogP contribution in [0.5, 0.6) is 0 Å². The van der Waals surface area contributed by atoms with Gasteiger partial charge in [0.05, 0.1) is 6.20 Å². The summed E-state index contributed by atoms with van der Waals surface area (Å²) < 4.78 is 6.91. The van der Waals surface area contributed by atoms with Gasteiger partial charge in [-0.25, -0.2) is 0 Å². The molecule has 0 aromatic carbocycles. The van der Waals surface area contributed by atoms with E-state index in [0.717, 1.165) is 6.20 Å². The molecule has 0 bridgehead atoms. The van der Waals surface area contributed by atoms with E-state index in [1.807, 2.05) is 0 Å². The smallest absolute Gasteiger partial charge is 0.254 e. The number of nitrogen functional groups attached to an aromatic ring is 1. The molecule has 0 radical (unpaired) electrons. The number of carbonyl (C=O) groups is 1. The van der Waals surface area contributed by atoms with Crippen molar-refractivity contribution in [3.05, 3.63) is 11.8 Å². The second-order valence-electron chi connectivity index (χ2n) is 1.51. The van der Waals surface area contributed by atoms with Gasteiger partial charge in [0.15, 0.2) is 1.41 Å². The van der Waals surface area contributed by atoms with Gasteiger partial charge in [-0.1, -0.05) is 0 Å². The molecule has 1 aromatic rings. The number of hydrogen-bond acceptors (Lipinski definition) is 3. The van der Waals surface area contributed by atoms with Crippen molar-refractivity contribution in [2.24, 2.45) is 5.73 Å². The van der Waals surface area contributed by atoms with Gasteiger partial charge in [-0.15, -0.1) is 0 Å². The lowest BCUT2D eigenvalue weighted by Gasteiger charge is -1.86. The zero-order valence-corrected chi connectivity index (χ0v) is 4.53. The molecule has 5 heteroatoms. The van der Waals surface area contributed by atoms with E-state index >= 15 is 0 Å². The number of aromatic nitrogens is 2. The summed E-state index contributed by atoms with van der Waals surface area (Å²) in [6, 6.07) is 0. The maximum absolute atomic E-state index is 10.4. The fourth-order valence-electron chi connectivity index (χ4n) is 0.459. The molecule has 0 aliphatic carbocycles. The Morgan fingerprint density at radius 3 is 2.89 bits per heavy atom. The first-order valence-electron chi connectivity index (χ1n) is 2.70. The third kappa shape index (κ3) is 0.835. The topological polar surface area (TPSA) is 97.8 Å². The van der Waals surface area contributed by atoms with E-state index in [1.54, 1.807) is 0 Å². The van der Waals surface area contributed by atoms with E-state index < -0.39 is 5.91 Å². The Labute approximate surface area is 52.5 Å². The fraction of sp³-hybridized carbons (Fsp3) is 0. The number of nitrogens with zero attached hydrogens (tertiary/aromatic N) is 1. The molecular weight excluding hydrogens is 120 g/mol. The molecule has 0 unspecified atom stereocenters. The van der Waals surface area contributed by atoms with Crippen molar-refractivity contribution < 1.29 is 6.21 Å². The molecule has 0 saturated carbocycles. The molecule has 0 saturated heterocycles. The molecule has 1 rings (SSSR count).